The molecule has 0 aromatic heterocycles. The molecule has 1 N–H and O–H groups in total. The summed E-state index contributed by atoms with van der Waals surface area (Å²) in [5.74, 6) is -2.68. The molecule has 1 unspecified atom stereocenters. The highest BCUT2D eigenvalue weighted by Gasteiger charge is 2.38. The monoisotopic (exact) mass is 349 g/mol. The Labute approximate surface area is 131 Å². The van der Waals surface area contributed by atoms with Gasteiger partial charge in [0, 0.05) is 17.9 Å². The largest absolute Gasteiger partial charge is 0.465 e. The van der Waals surface area contributed by atoms with Crippen molar-refractivity contribution in [2.45, 2.75) is 18.1 Å². The van der Waals surface area contributed by atoms with Gasteiger partial charge in [0.2, 0.25) is 5.91 Å². The van der Waals surface area contributed by atoms with Crippen molar-refractivity contribution in [1.29, 1.82) is 0 Å². The molecule has 9 heteroatoms. The van der Waals surface area contributed by atoms with E-state index < -0.39 is 38.5 Å². The zero-order chi connectivity index (χ0) is 16.3. The fraction of sp³-hybridized carbons (Fsp3) is 0.385. The summed E-state index contributed by atoms with van der Waals surface area (Å²) in [5, 5.41) is 1.22. The summed E-state index contributed by atoms with van der Waals surface area (Å²) in [5.41, 5.74) is -0.0907. The Hall–Kier alpha value is -1.67. The molecule has 1 heterocycles. The number of sulfone groups is 1. The normalized spacial score (nSPS) is 18.1. The van der Waals surface area contributed by atoms with E-state index in [2.05, 4.69) is 10.1 Å². The van der Waals surface area contributed by atoms with Crippen molar-refractivity contribution in [3.63, 3.8) is 0 Å². The predicted molar refractivity (Wildman–Crippen MR) is 77.8 cm³/mol. The highest BCUT2D eigenvalue weighted by atomic mass is 35.5. The van der Waals surface area contributed by atoms with Gasteiger partial charge in [0.25, 0.3) is 0 Å². The average molecular weight is 350 g/mol. The SMILES string of the molecule is O=C(CCS(=O)(=O)C1CCOC1=O)Nc1ccc(Cl)cc1F. The first-order valence-electron chi connectivity index (χ1n) is 6.43. The summed E-state index contributed by atoms with van der Waals surface area (Å²) in [6, 6.07) is 3.70. The van der Waals surface area contributed by atoms with Gasteiger partial charge >= 0.3 is 5.97 Å². The first kappa shape index (κ1) is 16.7. The van der Waals surface area contributed by atoms with E-state index in [9.17, 15) is 22.4 Å². The summed E-state index contributed by atoms with van der Waals surface area (Å²) in [6.07, 6.45) is -0.289. The molecule has 120 valence electrons. The minimum atomic E-state index is -3.76. The number of hydrogen-bond acceptors (Lipinski definition) is 5. The van der Waals surface area contributed by atoms with Gasteiger partial charge in [-0.15, -0.1) is 0 Å². The summed E-state index contributed by atoms with van der Waals surface area (Å²) < 4.78 is 42.0. The van der Waals surface area contributed by atoms with Crippen LogP contribution >= 0.6 is 11.6 Å². The molecule has 0 spiro atoms. The summed E-state index contributed by atoms with van der Waals surface area (Å²) in [6.45, 7) is 0.0604. The van der Waals surface area contributed by atoms with E-state index in [-0.39, 0.29) is 30.2 Å². The quantitative estimate of drug-likeness (QED) is 0.814. The highest BCUT2D eigenvalue weighted by Crippen LogP contribution is 2.20. The maximum Gasteiger partial charge on any atom is 0.324 e. The lowest BCUT2D eigenvalue weighted by atomic mass is 10.3. The number of halogens is 2. The van der Waals surface area contributed by atoms with Gasteiger partial charge in [-0.25, -0.2) is 12.8 Å². The lowest BCUT2D eigenvalue weighted by molar-refractivity contribution is -0.137. The zero-order valence-electron chi connectivity index (χ0n) is 11.3. The number of anilines is 1. The molecule has 1 saturated heterocycles. The van der Waals surface area contributed by atoms with Gasteiger partial charge in [-0.1, -0.05) is 11.6 Å². The third kappa shape index (κ3) is 3.95. The zero-order valence-corrected chi connectivity index (χ0v) is 12.9. The van der Waals surface area contributed by atoms with Gasteiger partial charge in [-0.3, -0.25) is 9.59 Å². The Bertz CT molecular complexity index is 706. The molecular formula is C13H13ClFNO5S. The first-order valence-corrected chi connectivity index (χ1v) is 8.52. The van der Waals surface area contributed by atoms with E-state index in [1.807, 2.05) is 0 Å². The minimum Gasteiger partial charge on any atom is -0.465 e. The second-order valence-electron chi connectivity index (χ2n) is 4.73. The number of nitrogens with one attached hydrogen (secondary N) is 1. The van der Waals surface area contributed by atoms with Crippen molar-refractivity contribution < 1.29 is 27.1 Å². The molecule has 22 heavy (non-hydrogen) atoms. The lowest BCUT2D eigenvalue weighted by Gasteiger charge is -2.09. The molecule has 1 aromatic carbocycles. The predicted octanol–water partition coefficient (Wildman–Crippen LogP) is 1.54. The number of carbonyl (C=O) groups excluding carboxylic acids is 2. The molecule has 0 aliphatic carbocycles. The van der Waals surface area contributed by atoms with E-state index in [0.717, 1.165) is 6.07 Å². The van der Waals surface area contributed by atoms with Gasteiger partial charge in [0.05, 0.1) is 18.0 Å². The third-order valence-corrected chi connectivity index (χ3v) is 5.44. The molecule has 1 fully saturated rings. The van der Waals surface area contributed by atoms with Crippen molar-refractivity contribution in [1.82, 2.24) is 0 Å². The van der Waals surface area contributed by atoms with Crippen LogP contribution in [-0.2, 0) is 24.2 Å². The summed E-state index contributed by atoms with van der Waals surface area (Å²) in [4.78, 5) is 23.0. The number of amides is 1. The number of hydrogen-bond donors (Lipinski definition) is 1. The molecule has 1 amide bonds. The van der Waals surface area contributed by atoms with Crippen LogP contribution < -0.4 is 5.32 Å². The van der Waals surface area contributed by atoms with Crippen LogP contribution in [0.3, 0.4) is 0 Å². The van der Waals surface area contributed by atoms with Gasteiger partial charge in [-0.05, 0) is 18.2 Å². The maximum atomic E-state index is 13.5. The Kier molecular flexibility index (Phi) is 5.02. The van der Waals surface area contributed by atoms with Crippen molar-refractivity contribution in [3.8, 4) is 0 Å². The van der Waals surface area contributed by atoms with Crippen molar-refractivity contribution in [3.05, 3.63) is 29.0 Å². The van der Waals surface area contributed by atoms with E-state index in [1.165, 1.54) is 12.1 Å². The van der Waals surface area contributed by atoms with Crippen LogP contribution in [0, 0.1) is 5.82 Å². The van der Waals surface area contributed by atoms with Crippen LogP contribution in [0.2, 0.25) is 5.02 Å². The Morgan fingerprint density at radius 3 is 2.77 bits per heavy atom. The standard InChI is InChI=1S/C13H13ClFNO5S/c14-8-1-2-10(9(15)7-8)16-12(17)4-6-22(19,20)11-3-5-21-13(11)18/h1-2,7,11H,3-6H2,(H,16,17). The third-order valence-electron chi connectivity index (χ3n) is 3.14. The van der Waals surface area contributed by atoms with E-state index >= 15 is 0 Å². The number of ether oxygens (including phenoxy) is 1. The summed E-state index contributed by atoms with van der Waals surface area (Å²) in [7, 11) is -3.76. The minimum absolute atomic E-state index is 0.0604. The van der Waals surface area contributed by atoms with Crippen LogP contribution in [0.15, 0.2) is 18.2 Å². The second-order valence-corrected chi connectivity index (χ2v) is 7.47. The molecule has 0 saturated carbocycles. The number of benzene rings is 1. The van der Waals surface area contributed by atoms with E-state index in [4.69, 9.17) is 11.6 Å². The van der Waals surface area contributed by atoms with Crippen molar-refractivity contribution >= 4 is 39.0 Å². The Morgan fingerprint density at radius 1 is 1.45 bits per heavy atom. The number of esters is 1. The van der Waals surface area contributed by atoms with Crippen LogP contribution in [0.25, 0.3) is 0 Å². The lowest BCUT2D eigenvalue weighted by Crippen LogP contribution is -2.30. The molecule has 6 nitrogen and oxygen atoms in total. The highest BCUT2D eigenvalue weighted by molar-refractivity contribution is 7.92. The molecule has 1 aliphatic heterocycles. The van der Waals surface area contributed by atoms with E-state index in [1.54, 1.807) is 0 Å². The van der Waals surface area contributed by atoms with Crippen molar-refractivity contribution in [2.24, 2.45) is 0 Å². The molecule has 0 bridgehead atoms. The van der Waals surface area contributed by atoms with Crippen LogP contribution in [0.4, 0.5) is 10.1 Å². The van der Waals surface area contributed by atoms with E-state index in [0.29, 0.717) is 0 Å². The van der Waals surface area contributed by atoms with Crippen LogP contribution in [0.5, 0.6) is 0 Å². The Balaban J connectivity index is 1.94. The van der Waals surface area contributed by atoms with Crippen molar-refractivity contribution in [2.75, 3.05) is 17.7 Å². The number of cyclic esters (lactones) is 1. The summed E-state index contributed by atoms with van der Waals surface area (Å²) >= 11 is 5.59. The topological polar surface area (TPSA) is 89.5 Å². The van der Waals surface area contributed by atoms with Gasteiger partial charge in [-0.2, -0.15) is 0 Å². The van der Waals surface area contributed by atoms with Gasteiger partial charge < -0.3 is 10.1 Å². The fourth-order valence-corrected chi connectivity index (χ4v) is 3.71. The smallest absolute Gasteiger partial charge is 0.324 e. The number of rotatable bonds is 5. The van der Waals surface area contributed by atoms with Crippen LogP contribution in [0.1, 0.15) is 12.8 Å². The van der Waals surface area contributed by atoms with Gasteiger partial charge in [0.15, 0.2) is 15.1 Å². The average Bonchev–Trinajstić information content (AvgIpc) is 2.87. The molecule has 0 radical (unpaired) electrons. The number of carbonyl (C=O) groups is 2. The fourth-order valence-electron chi connectivity index (χ4n) is 1.98. The molecule has 1 atom stereocenters. The molecule has 2 rings (SSSR count). The second kappa shape index (κ2) is 6.62. The molecule has 1 aliphatic rings. The first-order chi connectivity index (χ1) is 10.3. The van der Waals surface area contributed by atoms with Crippen LogP contribution in [-0.4, -0.2) is 37.9 Å². The maximum absolute atomic E-state index is 13.5. The Morgan fingerprint density at radius 2 is 2.18 bits per heavy atom. The van der Waals surface area contributed by atoms with Gasteiger partial charge in [0.1, 0.15) is 5.82 Å². The molecule has 1 aromatic rings. The molecular weight excluding hydrogens is 337 g/mol.